The van der Waals surface area contributed by atoms with Gasteiger partial charge in [0.15, 0.2) is 0 Å². The second kappa shape index (κ2) is 9.51. The van der Waals surface area contributed by atoms with Crippen molar-refractivity contribution in [2.45, 2.75) is 28.6 Å². The maximum atomic E-state index is 12.9. The Morgan fingerprint density at radius 1 is 1.09 bits per heavy atom. The SMILES string of the molecule is Cc1ccc(S(=O)(=O)Nc2ccc(SCc3nc4cc(C(F)(F)F)ccc4s3)cc2)cc1C(=O)O. The predicted molar refractivity (Wildman–Crippen MR) is 130 cm³/mol. The van der Waals surface area contributed by atoms with Crippen LogP contribution < -0.4 is 4.72 Å². The van der Waals surface area contributed by atoms with Gasteiger partial charge in [0.1, 0.15) is 5.01 Å². The van der Waals surface area contributed by atoms with E-state index in [1.807, 2.05) is 0 Å². The van der Waals surface area contributed by atoms with Crippen LogP contribution in [0.2, 0.25) is 0 Å². The quantitative estimate of drug-likeness (QED) is 0.264. The number of aryl methyl sites for hydroxylation is 1. The second-order valence-electron chi connectivity index (χ2n) is 7.49. The first-order valence-corrected chi connectivity index (χ1v) is 13.3. The fourth-order valence-electron chi connectivity index (χ4n) is 3.19. The van der Waals surface area contributed by atoms with Gasteiger partial charge in [-0.1, -0.05) is 6.07 Å². The largest absolute Gasteiger partial charge is 0.478 e. The Labute approximate surface area is 206 Å². The van der Waals surface area contributed by atoms with Crippen molar-refractivity contribution in [1.82, 2.24) is 4.98 Å². The summed E-state index contributed by atoms with van der Waals surface area (Å²) in [5.74, 6) is -0.776. The molecule has 4 rings (SSSR count). The molecule has 0 amide bonds. The molecule has 0 unspecified atom stereocenters. The first kappa shape index (κ1) is 25.0. The molecule has 0 saturated carbocycles. The summed E-state index contributed by atoms with van der Waals surface area (Å²) in [7, 11) is -3.99. The highest BCUT2D eigenvalue weighted by molar-refractivity contribution is 7.98. The Balaban J connectivity index is 1.43. The molecule has 0 aliphatic rings. The lowest BCUT2D eigenvalue weighted by Crippen LogP contribution is -2.14. The number of alkyl halides is 3. The first-order chi connectivity index (χ1) is 16.4. The normalized spacial score (nSPS) is 12.1. The summed E-state index contributed by atoms with van der Waals surface area (Å²) in [5.41, 5.74) is 0.215. The van der Waals surface area contributed by atoms with E-state index in [-0.39, 0.29) is 10.5 Å². The molecule has 1 aromatic heterocycles. The highest BCUT2D eigenvalue weighted by Gasteiger charge is 2.30. The molecule has 12 heteroatoms. The van der Waals surface area contributed by atoms with E-state index in [2.05, 4.69) is 9.71 Å². The van der Waals surface area contributed by atoms with Crippen molar-refractivity contribution in [3.8, 4) is 0 Å². The number of hydrogen-bond donors (Lipinski definition) is 2. The van der Waals surface area contributed by atoms with Crippen LogP contribution in [0, 0.1) is 6.92 Å². The molecule has 4 aromatic rings. The molecule has 0 aliphatic carbocycles. The van der Waals surface area contributed by atoms with Gasteiger partial charge in [-0.05, 0) is 67.1 Å². The predicted octanol–water partition coefficient (Wildman–Crippen LogP) is 6.41. The van der Waals surface area contributed by atoms with Gasteiger partial charge in [0.05, 0.1) is 32.0 Å². The number of halogens is 3. The van der Waals surface area contributed by atoms with Crippen LogP contribution in [0.1, 0.15) is 26.5 Å². The molecule has 35 heavy (non-hydrogen) atoms. The molecule has 0 bridgehead atoms. The third-order valence-corrected chi connectivity index (χ3v) is 8.60. The summed E-state index contributed by atoms with van der Waals surface area (Å²) < 4.78 is 67.1. The number of carboxylic acids is 1. The standard InChI is InChI=1S/C23H17F3N2O4S3/c1-13-2-8-17(11-18(13)22(29)30)35(31,32)28-15-4-6-16(7-5-15)33-12-21-27-19-10-14(23(24,25)26)3-9-20(19)34-21/h2-11,28H,12H2,1H3,(H,29,30). The van der Waals surface area contributed by atoms with Gasteiger partial charge in [0, 0.05) is 10.6 Å². The fourth-order valence-corrected chi connectivity index (χ4v) is 6.11. The summed E-state index contributed by atoms with van der Waals surface area (Å²) in [4.78, 5) is 16.2. The topological polar surface area (TPSA) is 96.4 Å². The van der Waals surface area contributed by atoms with E-state index in [4.69, 9.17) is 0 Å². The van der Waals surface area contributed by atoms with E-state index in [0.29, 0.717) is 32.2 Å². The highest BCUT2D eigenvalue weighted by Crippen LogP contribution is 2.34. The van der Waals surface area contributed by atoms with Crippen molar-refractivity contribution < 1.29 is 31.5 Å². The lowest BCUT2D eigenvalue weighted by atomic mass is 10.1. The maximum Gasteiger partial charge on any atom is 0.416 e. The molecule has 0 spiro atoms. The molecule has 0 aliphatic heterocycles. The number of aromatic nitrogens is 1. The average molecular weight is 539 g/mol. The van der Waals surface area contributed by atoms with Crippen LogP contribution in [-0.2, 0) is 22.0 Å². The van der Waals surface area contributed by atoms with Gasteiger partial charge in [-0.3, -0.25) is 4.72 Å². The summed E-state index contributed by atoms with van der Waals surface area (Å²) in [6.45, 7) is 1.58. The third-order valence-electron chi connectivity index (χ3n) is 4.98. The van der Waals surface area contributed by atoms with Crippen molar-refractivity contribution in [1.29, 1.82) is 0 Å². The zero-order valence-corrected chi connectivity index (χ0v) is 20.4. The number of thiazole rings is 1. The molecule has 3 aromatic carbocycles. The number of rotatable bonds is 7. The Bertz CT molecular complexity index is 1520. The number of nitrogens with zero attached hydrogens (tertiary/aromatic N) is 1. The van der Waals surface area contributed by atoms with Crippen LogP contribution in [0.15, 0.2) is 70.5 Å². The van der Waals surface area contributed by atoms with Crippen molar-refractivity contribution in [3.05, 3.63) is 82.4 Å². The molecule has 0 radical (unpaired) electrons. The van der Waals surface area contributed by atoms with E-state index < -0.39 is 27.7 Å². The number of fused-ring (bicyclic) bond motifs is 1. The van der Waals surface area contributed by atoms with Gasteiger partial charge in [-0.2, -0.15) is 13.2 Å². The Morgan fingerprint density at radius 2 is 1.80 bits per heavy atom. The number of hydrogen-bond acceptors (Lipinski definition) is 6. The summed E-state index contributed by atoms with van der Waals surface area (Å²) in [6, 6.07) is 13.9. The number of thioether (sulfide) groups is 1. The molecular weight excluding hydrogens is 521 g/mol. The minimum absolute atomic E-state index is 0.0934. The monoisotopic (exact) mass is 538 g/mol. The third kappa shape index (κ3) is 5.77. The minimum atomic E-state index is -4.42. The summed E-state index contributed by atoms with van der Waals surface area (Å²) in [6.07, 6.45) is -4.42. The van der Waals surface area contributed by atoms with E-state index in [9.17, 15) is 31.5 Å². The number of aromatic carboxylic acids is 1. The van der Waals surface area contributed by atoms with E-state index in [1.165, 1.54) is 41.3 Å². The van der Waals surface area contributed by atoms with Crippen LogP contribution in [0.3, 0.4) is 0 Å². The Morgan fingerprint density at radius 3 is 2.46 bits per heavy atom. The molecule has 0 fully saturated rings. The van der Waals surface area contributed by atoms with Gasteiger partial charge >= 0.3 is 12.1 Å². The molecular formula is C23H17F3N2O4S3. The van der Waals surface area contributed by atoms with Gasteiger partial charge in [-0.25, -0.2) is 18.2 Å². The maximum absolute atomic E-state index is 12.9. The fraction of sp³-hybridized carbons (Fsp3) is 0.130. The number of carboxylic acid groups (broad SMARTS) is 1. The van der Waals surface area contributed by atoms with E-state index >= 15 is 0 Å². The number of carbonyl (C=O) groups is 1. The van der Waals surface area contributed by atoms with Crippen LogP contribution in [0.4, 0.5) is 18.9 Å². The Kier molecular flexibility index (Phi) is 6.80. The highest BCUT2D eigenvalue weighted by atomic mass is 32.2. The molecule has 2 N–H and O–H groups in total. The second-order valence-corrected chi connectivity index (χ2v) is 11.3. The molecule has 0 atom stereocenters. The number of anilines is 1. The number of nitrogens with one attached hydrogen (secondary N) is 1. The van der Waals surface area contributed by atoms with Crippen molar-refractivity contribution in [3.63, 3.8) is 0 Å². The van der Waals surface area contributed by atoms with Gasteiger partial charge in [-0.15, -0.1) is 23.1 Å². The van der Waals surface area contributed by atoms with Crippen molar-refractivity contribution in [2.75, 3.05) is 4.72 Å². The van der Waals surface area contributed by atoms with Gasteiger partial charge in [0.2, 0.25) is 0 Å². The zero-order chi connectivity index (χ0) is 25.4. The van der Waals surface area contributed by atoms with Gasteiger partial charge in [0.25, 0.3) is 10.0 Å². The zero-order valence-electron chi connectivity index (χ0n) is 18.0. The summed E-state index contributed by atoms with van der Waals surface area (Å²) in [5, 5.41) is 9.90. The minimum Gasteiger partial charge on any atom is -0.478 e. The van der Waals surface area contributed by atoms with Gasteiger partial charge < -0.3 is 5.11 Å². The molecule has 0 saturated heterocycles. The van der Waals surface area contributed by atoms with Crippen LogP contribution in [0.5, 0.6) is 0 Å². The van der Waals surface area contributed by atoms with Crippen LogP contribution >= 0.6 is 23.1 Å². The Hall–Kier alpha value is -3.09. The van der Waals surface area contributed by atoms with Crippen LogP contribution in [-0.4, -0.2) is 24.5 Å². The molecule has 6 nitrogen and oxygen atoms in total. The average Bonchev–Trinajstić information content (AvgIpc) is 3.20. The smallest absolute Gasteiger partial charge is 0.416 e. The number of sulfonamides is 1. The lowest BCUT2D eigenvalue weighted by Gasteiger charge is -2.10. The molecule has 182 valence electrons. The summed E-state index contributed by atoms with van der Waals surface area (Å²) >= 11 is 2.73. The number of benzene rings is 3. The van der Waals surface area contributed by atoms with Crippen LogP contribution in [0.25, 0.3) is 10.2 Å². The van der Waals surface area contributed by atoms with Crippen molar-refractivity contribution >= 4 is 55.0 Å². The first-order valence-electron chi connectivity index (χ1n) is 9.99. The molecule has 1 heterocycles. The van der Waals surface area contributed by atoms with Crippen molar-refractivity contribution in [2.24, 2.45) is 0 Å². The lowest BCUT2D eigenvalue weighted by molar-refractivity contribution is -0.137. The van der Waals surface area contributed by atoms with E-state index in [1.54, 1.807) is 31.2 Å². The van der Waals surface area contributed by atoms with E-state index in [0.717, 1.165) is 23.1 Å².